The van der Waals surface area contributed by atoms with E-state index in [1.165, 1.54) is 12.8 Å². The molecule has 0 saturated carbocycles. The predicted octanol–water partition coefficient (Wildman–Crippen LogP) is 4.23. The van der Waals surface area contributed by atoms with Gasteiger partial charge in [-0.2, -0.15) is 0 Å². The minimum atomic E-state index is 0.144. The highest BCUT2D eigenvalue weighted by Gasteiger charge is 2.22. The number of nitrogens with one attached hydrogen (secondary N) is 1. The topological polar surface area (TPSA) is 12.0 Å². The van der Waals surface area contributed by atoms with Crippen LogP contribution in [0.4, 0.5) is 0 Å². The molecule has 1 nitrogen and oxygen atoms in total. The average molecular weight is 237 g/mol. The molecule has 0 fully saturated rings. The zero-order valence-electron chi connectivity index (χ0n) is 12.9. The molecule has 0 bridgehead atoms. The molecule has 0 aromatic carbocycles. The Morgan fingerprint density at radius 1 is 1.06 bits per heavy atom. The van der Waals surface area contributed by atoms with E-state index < -0.39 is 0 Å². The summed E-state index contributed by atoms with van der Waals surface area (Å²) in [7, 11) is 0. The molecule has 1 N–H and O–H groups in total. The van der Waals surface area contributed by atoms with Crippen LogP contribution in [0.25, 0.3) is 0 Å². The van der Waals surface area contributed by atoms with Gasteiger partial charge in [0.1, 0.15) is 0 Å². The van der Waals surface area contributed by atoms with Crippen molar-refractivity contribution in [2.75, 3.05) is 6.54 Å². The van der Waals surface area contributed by atoms with Crippen LogP contribution in [0.5, 0.6) is 0 Å². The van der Waals surface area contributed by atoms with Gasteiger partial charge in [-0.05, 0) is 45.6 Å². The van der Waals surface area contributed by atoms with Crippen LogP contribution in [0.15, 0.2) is 0 Å². The first kappa shape index (κ1) is 16.5. The second kappa shape index (κ2) is 7.07. The summed E-state index contributed by atoms with van der Waals surface area (Å²) in [5, 5.41) is 3.58. The Morgan fingerprint density at radius 3 is 2.06 bits per heavy atom. The Kier molecular flexibility index (Phi) is 6.87. The molecule has 0 saturated heterocycles. The second-order valence-corrected chi connectivity index (χ2v) is 6.92. The Balaban J connectivity index is 4.03. The van der Waals surface area contributed by atoms with Gasteiger partial charge in [-0.25, -0.2) is 0 Å². The van der Waals surface area contributed by atoms with Crippen molar-refractivity contribution < 1.29 is 0 Å². The fourth-order valence-electron chi connectivity index (χ4n) is 1.81. The van der Waals surface area contributed by atoms with E-state index in [9.17, 15) is 0 Å². The molecule has 0 aliphatic carbocycles. The first-order valence-electron chi connectivity index (χ1n) is 6.90. The van der Waals surface area contributed by atoms with E-state index in [-0.39, 0.29) is 5.41 Å². The molecule has 0 aromatic rings. The van der Waals surface area contributed by atoms with Gasteiger partial charge in [0.2, 0.25) is 0 Å². The number of rotatable bonds is 5. The lowest BCUT2D eigenvalue weighted by atomic mass is 9.83. The highest BCUT2D eigenvalue weighted by Crippen LogP contribution is 2.23. The second-order valence-electron chi connectivity index (χ2n) is 6.92. The van der Waals surface area contributed by atoms with E-state index in [0.717, 1.165) is 13.0 Å². The molecular weight excluding hydrogens is 206 g/mol. The summed E-state index contributed by atoms with van der Waals surface area (Å²) in [6, 6.07) is 0.601. The van der Waals surface area contributed by atoms with Gasteiger partial charge in [0, 0.05) is 17.9 Å². The van der Waals surface area contributed by atoms with Crippen molar-refractivity contribution in [1.82, 2.24) is 5.32 Å². The minimum absolute atomic E-state index is 0.144. The van der Waals surface area contributed by atoms with Crippen LogP contribution >= 0.6 is 0 Å². The molecular formula is C16H31N. The molecule has 0 aliphatic rings. The third kappa shape index (κ3) is 9.24. The van der Waals surface area contributed by atoms with Gasteiger partial charge in [0.05, 0.1) is 0 Å². The molecule has 100 valence electrons. The van der Waals surface area contributed by atoms with E-state index >= 15 is 0 Å². The van der Waals surface area contributed by atoms with Crippen molar-refractivity contribution in [3.05, 3.63) is 0 Å². The summed E-state index contributed by atoms with van der Waals surface area (Å²) in [5.41, 5.74) is 0.485. The van der Waals surface area contributed by atoms with Crippen LogP contribution in [0.2, 0.25) is 0 Å². The summed E-state index contributed by atoms with van der Waals surface area (Å²) in [4.78, 5) is 0. The zero-order valence-corrected chi connectivity index (χ0v) is 12.9. The van der Waals surface area contributed by atoms with Crippen molar-refractivity contribution in [2.24, 2.45) is 10.8 Å². The van der Waals surface area contributed by atoms with Crippen molar-refractivity contribution in [3.8, 4) is 11.8 Å². The van der Waals surface area contributed by atoms with E-state index in [4.69, 9.17) is 0 Å². The quantitative estimate of drug-likeness (QED) is 0.557. The largest absolute Gasteiger partial charge is 0.314 e. The maximum Gasteiger partial charge on any atom is 0.0230 e. The van der Waals surface area contributed by atoms with E-state index in [1.807, 2.05) is 0 Å². The maximum atomic E-state index is 3.58. The highest BCUT2D eigenvalue weighted by atomic mass is 14.9. The van der Waals surface area contributed by atoms with Crippen molar-refractivity contribution in [3.63, 3.8) is 0 Å². The number of hydrogen-bond donors (Lipinski definition) is 1. The van der Waals surface area contributed by atoms with E-state index in [1.54, 1.807) is 0 Å². The number of unbranched alkanes of at least 4 members (excludes halogenated alkanes) is 1. The van der Waals surface area contributed by atoms with Crippen molar-refractivity contribution in [1.29, 1.82) is 0 Å². The van der Waals surface area contributed by atoms with E-state index in [2.05, 4.69) is 65.6 Å². The van der Waals surface area contributed by atoms with Crippen LogP contribution in [0.1, 0.15) is 67.7 Å². The van der Waals surface area contributed by atoms with Gasteiger partial charge in [-0.15, -0.1) is 5.92 Å². The summed E-state index contributed by atoms with van der Waals surface area (Å²) in [5.74, 6) is 6.59. The highest BCUT2D eigenvalue weighted by molar-refractivity contribution is 5.07. The first-order valence-corrected chi connectivity index (χ1v) is 6.90. The first-order chi connectivity index (χ1) is 7.67. The third-order valence-electron chi connectivity index (χ3n) is 2.75. The molecule has 17 heavy (non-hydrogen) atoms. The van der Waals surface area contributed by atoms with Gasteiger partial charge in [-0.1, -0.05) is 33.6 Å². The van der Waals surface area contributed by atoms with Gasteiger partial charge in [-0.3, -0.25) is 0 Å². The minimum Gasteiger partial charge on any atom is -0.314 e. The zero-order chi connectivity index (χ0) is 13.5. The Hall–Kier alpha value is -0.480. The summed E-state index contributed by atoms with van der Waals surface area (Å²) in [6.45, 7) is 16.6. The Labute approximate surface area is 109 Å². The standard InChI is InChI=1S/C16H31N/c1-8-17-14(16(5,6)7)12-10-9-11-13-15(2,3)4/h14,17H,8-10,12H2,1-7H3. The SMILES string of the molecule is CCNC(CCCC#CC(C)(C)C)C(C)(C)C. The molecule has 1 unspecified atom stereocenters. The van der Waals surface area contributed by atoms with Gasteiger partial charge in [0.15, 0.2) is 0 Å². The normalized spacial score (nSPS) is 14.1. The van der Waals surface area contributed by atoms with E-state index in [0.29, 0.717) is 11.5 Å². The monoisotopic (exact) mass is 237 g/mol. The van der Waals surface area contributed by atoms with Crippen LogP contribution in [-0.4, -0.2) is 12.6 Å². The smallest absolute Gasteiger partial charge is 0.0230 e. The van der Waals surface area contributed by atoms with Crippen LogP contribution in [-0.2, 0) is 0 Å². The third-order valence-corrected chi connectivity index (χ3v) is 2.75. The average Bonchev–Trinajstić information content (AvgIpc) is 2.12. The molecule has 0 aliphatic heterocycles. The molecule has 0 amide bonds. The summed E-state index contributed by atoms with van der Waals surface area (Å²) >= 11 is 0. The molecule has 1 heteroatoms. The van der Waals surface area contributed by atoms with Crippen LogP contribution in [0, 0.1) is 22.7 Å². The molecule has 0 aromatic heterocycles. The molecule has 0 spiro atoms. The van der Waals surface area contributed by atoms with Gasteiger partial charge >= 0.3 is 0 Å². The van der Waals surface area contributed by atoms with Crippen LogP contribution in [0.3, 0.4) is 0 Å². The van der Waals surface area contributed by atoms with Gasteiger partial charge in [0.25, 0.3) is 0 Å². The van der Waals surface area contributed by atoms with Crippen LogP contribution < -0.4 is 5.32 Å². The lowest BCUT2D eigenvalue weighted by Crippen LogP contribution is -2.40. The predicted molar refractivity (Wildman–Crippen MR) is 78.0 cm³/mol. The Morgan fingerprint density at radius 2 is 1.65 bits per heavy atom. The summed E-state index contributed by atoms with van der Waals surface area (Å²) < 4.78 is 0. The molecule has 0 heterocycles. The lowest BCUT2D eigenvalue weighted by Gasteiger charge is -2.31. The van der Waals surface area contributed by atoms with Gasteiger partial charge < -0.3 is 5.32 Å². The fraction of sp³-hybridized carbons (Fsp3) is 0.875. The molecule has 1 atom stereocenters. The lowest BCUT2D eigenvalue weighted by molar-refractivity contribution is 0.255. The maximum absolute atomic E-state index is 3.58. The molecule has 0 rings (SSSR count). The molecule has 0 radical (unpaired) electrons. The van der Waals surface area contributed by atoms with Crippen molar-refractivity contribution in [2.45, 2.75) is 73.8 Å². The fourth-order valence-corrected chi connectivity index (χ4v) is 1.81. The summed E-state index contributed by atoms with van der Waals surface area (Å²) in [6.07, 6.45) is 3.43. The number of hydrogen-bond acceptors (Lipinski definition) is 1. The van der Waals surface area contributed by atoms with Crippen molar-refractivity contribution >= 4 is 0 Å². The Bertz CT molecular complexity index is 254.